The maximum Gasteiger partial charge on any atom is 0.317 e. The maximum absolute atomic E-state index is 15.5. The number of carbonyl (C=O) groups is 3. The molecule has 0 amide bonds. The first-order chi connectivity index (χ1) is 41.1. The Bertz CT molecular complexity index is 2560. The van der Waals surface area contributed by atoms with Gasteiger partial charge in [-0.25, -0.2) is 0 Å². The van der Waals surface area contributed by atoms with Crippen LogP contribution < -0.4 is 0 Å². The van der Waals surface area contributed by atoms with Crippen molar-refractivity contribution in [1.29, 1.82) is 0 Å². The molecule has 0 spiro atoms. The molecule has 0 aromatic heterocycles. The Balaban J connectivity index is 0.897. The van der Waals surface area contributed by atoms with Crippen LogP contribution in [0.2, 0.25) is 0 Å². The van der Waals surface area contributed by atoms with Crippen LogP contribution in [0.25, 0.3) is 0 Å². The van der Waals surface area contributed by atoms with E-state index in [1.165, 1.54) is 13.8 Å². The van der Waals surface area contributed by atoms with Gasteiger partial charge in [-0.1, -0.05) is 46.3 Å². The Hall–Kier alpha value is -2.77. The number of aliphatic carboxylic acids is 1. The molecule has 29 heteroatoms. The van der Waals surface area contributed by atoms with Crippen molar-refractivity contribution in [3.63, 3.8) is 0 Å². The lowest BCUT2D eigenvalue weighted by molar-refractivity contribution is -0.371. The molecule has 4 saturated carbocycles. The third-order valence-electron chi connectivity index (χ3n) is 22.7. The standard InChI is InChI=1S/C59H92O29/c1-22-42(82-23(2)61)44(85-48-39(72)35(68)28(64)20-79-48)41(74)50(81-22)86-45-36(69)29(65)21-80-51(45)88-53(77)59-14-13-54(3,4)15-25(59)24-9-10-31-55(5)16-26(62)46(58(8,52(75)76)32(55)11-12-56(31,6)57(24,7)17-33(59)66)87-49-40(73)37(70)43(30(18-60)83-49)84-47-38(71)34(67)27(63)19-78-47/h9,22,25-51,60,62-74H,10-21H2,1-8H3,(H,75,76)/t22-,25-,26-,27+,28+,29+,30+,31+,32+,33+,34-,35+,36+,37+,38+,39-,40+,41+,42-,43+,44-,45-,46-,47-,48-,49-,50-,51-,55+,56+,57+,58-,59+/m0/s1. The second-order valence-corrected chi connectivity index (χ2v) is 28.3. The van der Waals surface area contributed by atoms with Gasteiger partial charge in [0.1, 0.15) is 97.0 Å². The number of carboxylic acids is 1. The zero-order valence-corrected chi connectivity index (χ0v) is 50.7. The number of carbonyl (C=O) groups excluding carboxylic acids is 2. The predicted octanol–water partition coefficient (Wildman–Crippen LogP) is -3.69. The summed E-state index contributed by atoms with van der Waals surface area (Å²) in [5, 5.41) is 166. The third kappa shape index (κ3) is 11.2. The normalized spacial score (nSPS) is 53.6. The fourth-order valence-corrected chi connectivity index (χ4v) is 17.6. The minimum Gasteiger partial charge on any atom is -0.481 e. The molecule has 10 rings (SSSR count). The van der Waals surface area contributed by atoms with Gasteiger partial charge in [-0.3, -0.25) is 14.4 Å². The van der Waals surface area contributed by atoms with E-state index in [9.17, 15) is 86.2 Å². The number of ether oxygens (including phenoxy) is 11. The second-order valence-electron chi connectivity index (χ2n) is 28.3. The summed E-state index contributed by atoms with van der Waals surface area (Å²) in [5.41, 5.74) is -5.55. The fourth-order valence-electron chi connectivity index (χ4n) is 17.6. The van der Waals surface area contributed by atoms with Crippen LogP contribution in [0.4, 0.5) is 0 Å². The van der Waals surface area contributed by atoms with E-state index in [0.29, 0.717) is 25.7 Å². The summed E-state index contributed by atoms with van der Waals surface area (Å²) >= 11 is 0. The molecule has 88 heavy (non-hydrogen) atoms. The topological polar surface area (TPSA) is 456 Å². The molecule has 502 valence electrons. The highest BCUT2D eigenvalue weighted by atomic mass is 16.8. The minimum atomic E-state index is -1.97. The van der Waals surface area contributed by atoms with Crippen molar-refractivity contribution in [3.05, 3.63) is 11.6 Å². The lowest BCUT2D eigenvalue weighted by Gasteiger charge is -2.71. The van der Waals surface area contributed by atoms with Crippen molar-refractivity contribution >= 4 is 17.9 Å². The number of allylic oxidation sites excluding steroid dienone is 2. The fraction of sp³-hybridized carbons (Fsp3) is 0.915. The van der Waals surface area contributed by atoms with E-state index in [1.54, 1.807) is 0 Å². The Morgan fingerprint density at radius 1 is 0.568 bits per heavy atom. The van der Waals surface area contributed by atoms with Gasteiger partial charge < -0.3 is 129 Å². The number of esters is 2. The number of carboxylic acid groups (broad SMARTS) is 1. The van der Waals surface area contributed by atoms with Crippen LogP contribution in [0.3, 0.4) is 0 Å². The summed E-state index contributed by atoms with van der Waals surface area (Å²) in [6.07, 6.45) is -37.3. The van der Waals surface area contributed by atoms with Gasteiger partial charge in [0.2, 0.25) is 6.29 Å². The van der Waals surface area contributed by atoms with E-state index in [0.717, 1.165) is 12.5 Å². The summed E-state index contributed by atoms with van der Waals surface area (Å²) in [4.78, 5) is 41.8. The number of aliphatic hydroxyl groups excluding tert-OH is 14. The van der Waals surface area contributed by atoms with Crippen LogP contribution >= 0.6 is 0 Å². The van der Waals surface area contributed by atoms with Crippen LogP contribution in [0.15, 0.2) is 11.6 Å². The molecule has 10 aliphatic rings. The third-order valence-corrected chi connectivity index (χ3v) is 22.7. The Morgan fingerprint density at radius 2 is 1.12 bits per heavy atom. The Morgan fingerprint density at radius 3 is 1.72 bits per heavy atom. The largest absolute Gasteiger partial charge is 0.481 e. The Kier molecular flexibility index (Phi) is 19.2. The van der Waals surface area contributed by atoms with E-state index < -0.39 is 237 Å². The van der Waals surface area contributed by atoms with Crippen LogP contribution in [-0.2, 0) is 66.5 Å². The van der Waals surface area contributed by atoms with Gasteiger partial charge in [0.25, 0.3) is 0 Å². The number of hydrogen-bond donors (Lipinski definition) is 15. The molecule has 0 bridgehead atoms. The zero-order valence-electron chi connectivity index (χ0n) is 50.7. The molecular weight excluding hydrogens is 1170 g/mol. The number of rotatable bonds is 13. The first kappa shape index (κ1) is 68.1. The number of fused-ring (bicyclic) bond motifs is 7. The maximum atomic E-state index is 15.5. The summed E-state index contributed by atoms with van der Waals surface area (Å²) < 4.78 is 64.4. The van der Waals surface area contributed by atoms with Crippen LogP contribution in [0, 0.1) is 50.2 Å². The molecular formula is C59H92O29. The van der Waals surface area contributed by atoms with E-state index in [2.05, 4.69) is 33.8 Å². The van der Waals surface area contributed by atoms with E-state index in [4.69, 9.17) is 52.1 Å². The molecule has 33 atom stereocenters. The van der Waals surface area contributed by atoms with Crippen molar-refractivity contribution < 1.29 is 143 Å². The van der Waals surface area contributed by atoms with E-state index in [1.807, 2.05) is 6.92 Å². The Labute approximate surface area is 508 Å². The zero-order chi connectivity index (χ0) is 64.4. The molecule has 5 heterocycles. The molecule has 0 aromatic rings. The molecule has 15 N–H and O–H groups in total. The first-order valence-electron chi connectivity index (χ1n) is 30.7. The summed E-state index contributed by atoms with van der Waals surface area (Å²) in [6.45, 7) is 12.0. The van der Waals surface area contributed by atoms with Gasteiger partial charge in [0, 0.05) is 6.92 Å². The van der Waals surface area contributed by atoms with Crippen molar-refractivity contribution in [2.45, 2.75) is 260 Å². The van der Waals surface area contributed by atoms with Crippen molar-refractivity contribution in [2.75, 3.05) is 26.4 Å². The summed E-state index contributed by atoms with van der Waals surface area (Å²) in [5.74, 6) is -4.75. The summed E-state index contributed by atoms with van der Waals surface area (Å²) in [6, 6.07) is 0. The molecule has 0 unspecified atom stereocenters. The van der Waals surface area contributed by atoms with Gasteiger partial charge in [-0.2, -0.15) is 0 Å². The van der Waals surface area contributed by atoms with E-state index >= 15 is 4.79 Å². The van der Waals surface area contributed by atoms with Gasteiger partial charge >= 0.3 is 17.9 Å². The highest BCUT2D eigenvalue weighted by Gasteiger charge is 2.74. The summed E-state index contributed by atoms with van der Waals surface area (Å²) in [7, 11) is 0. The van der Waals surface area contributed by atoms with Crippen LogP contribution in [0.5, 0.6) is 0 Å². The smallest absolute Gasteiger partial charge is 0.317 e. The quantitative estimate of drug-likeness (QED) is 0.0480. The average molecular weight is 1270 g/mol. The monoisotopic (exact) mass is 1260 g/mol. The van der Waals surface area contributed by atoms with Gasteiger partial charge in [0.15, 0.2) is 37.4 Å². The lowest BCUT2D eigenvalue weighted by Crippen LogP contribution is -2.71. The molecule has 5 aliphatic heterocycles. The van der Waals surface area contributed by atoms with Crippen molar-refractivity contribution in [2.24, 2.45) is 50.2 Å². The van der Waals surface area contributed by atoms with Crippen LogP contribution in [0.1, 0.15) is 107 Å². The molecule has 9 fully saturated rings. The minimum absolute atomic E-state index is 0.00766. The van der Waals surface area contributed by atoms with Crippen LogP contribution in [-0.4, -0.2) is 274 Å². The SMILES string of the molecule is CC(=O)O[C@@H]1[C@@H](O[C@@H]2OC[C@@H](O)[C@@H](O)[C@@H]2O)[C@@H](O)[C@H](O[C@@H]2[C@H](OC(=O)[C@]34CCC(C)(C)C[C@H]3C3=CC[C@@H]5[C@@]6(C)C[C@H](O)[C@H](O[C@@H]7O[C@H](CO)[C@@H](O[C@@H]8OC[C@@H](O)[C@H](O)[C@H]8O)[C@H](O)[C@H]7O)[C@@](C)(C(=O)O)[C@@H]6CC[C@@]5(C)[C@]3(C)C[C@H]4O)OC[C@@H](O)[C@H]2O)O[C@H]1C. The van der Waals surface area contributed by atoms with Gasteiger partial charge in [-0.15, -0.1) is 0 Å². The predicted molar refractivity (Wildman–Crippen MR) is 290 cm³/mol. The molecule has 29 nitrogen and oxygen atoms in total. The highest BCUT2D eigenvalue weighted by Crippen LogP contribution is 2.76. The molecule has 5 aliphatic carbocycles. The van der Waals surface area contributed by atoms with Crippen molar-refractivity contribution in [1.82, 2.24) is 0 Å². The second kappa shape index (κ2) is 24.9. The lowest BCUT2D eigenvalue weighted by atomic mass is 9.33. The van der Waals surface area contributed by atoms with Gasteiger partial charge in [0.05, 0.1) is 50.2 Å². The van der Waals surface area contributed by atoms with E-state index in [-0.39, 0.29) is 37.0 Å². The number of aliphatic hydroxyl groups is 14. The van der Waals surface area contributed by atoms with Crippen molar-refractivity contribution in [3.8, 4) is 0 Å². The molecule has 5 saturated heterocycles. The number of hydrogen-bond acceptors (Lipinski definition) is 28. The highest BCUT2D eigenvalue weighted by molar-refractivity contribution is 5.80. The average Bonchev–Trinajstić information content (AvgIpc) is 0.674. The molecule has 0 aromatic carbocycles. The van der Waals surface area contributed by atoms with Gasteiger partial charge in [-0.05, 0) is 105 Å². The first-order valence-corrected chi connectivity index (χ1v) is 30.7. The molecule has 0 radical (unpaired) electrons.